The molecule has 20 heavy (non-hydrogen) atoms. The van der Waals surface area contributed by atoms with E-state index in [1.165, 1.54) is 17.2 Å². The standard InChI is InChI=1S/C17H18FNO/c1-12-15(18)7-4-8-16(12)19-11-17-14-6-3-2-5-13(14)9-10-20-17/h2-8,17,19H,9-11H2,1H3. The molecule has 0 spiro atoms. The van der Waals surface area contributed by atoms with Gasteiger partial charge in [-0.3, -0.25) is 0 Å². The quantitative estimate of drug-likeness (QED) is 0.915. The lowest BCUT2D eigenvalue weighted by Crippen LogP contribution is -2.23. The SMILES string of the molecule is Cc1c(F)cccc1NCC1OCCc2ccccc21. The summed E-state index contributed by atoms with van der Waals surface area (Å²) in [5.41, 5.74) is 4.06. The number of fused-ring (bicyclic) bond motifs is 1. The summed E-state index contributed by atoms with van der Waals surface area (Å²) < 4.78 is 19.4. The highest BCUT2D eigenvalue weighted by Gasteiger charge is 2.20. The van der Waals surface area contributed by atoms with Crippen molar-refractivity contribution in [1.82, 2.24) is 0 Å². The molecule has 0 aromatic heterocycles. The van der Waals surface area contributed by atoms with E-state index in [4.69, 9.17) is 4.74 Å². The van der Waals surface area contributed by atoms with Crippen LogP contribution in [0.25, 0.3) is 0 Å². The molecule has 0 saturated carbocycles. The minimum atomic E-state index is -0.181. The fraction of sp³-hybridized carbons (Fsp3) is 0.294. The molecular formula is C17H18FNO. The van der Waals surface area contributed by atoms with E-state index in [1.54, 1.807) is 13.0 Å². The zero-order chi connectivity index (χ0) is 13.9. The van der Waals surface area contributed by atoms with Crippen molar-refractivity contribution in [2.45, 2.75) is 19.4 Å². The van der Waals surface area contributed by atoms with E-state index in [-0.39, 0.29) is 11.9 Å². The van der Waals surface area contributed by atoms with Crippen LogP contribution in [0.1, 0.15) is 22.8 Å². The van der Waals surface area contributed by atoms with Crippen LogP contribution in [0.4, 0.5) is 10.1 Å². The molecule has 3 heteroatoms. The second kappa shape index (κ2) is 5.63. The molecule has 0 saturated heterocycles. The largest absolute Gasteiger partial charge is 0.382 e. The topological polar surface area (TPSA) is 21.3 Å². The molecule has 0 radical (unpaired) electrons. The minimum Gasteiger partial charge on any atom is -0.382 e. The Morgan fingerprint density at radius 1 is 1.20 bits per heavy atom. The van der Waals surface area contributed by atoms with Crippen molar-refractivity contribution in [2.24, 2.45) is 0 Å². The summed E-state index contributed by atoms with van der Waals surface area (Å²) in [5, 5.41) is 3.30. The number of ether oxygens (including phenoxy) is 1. The zero-order valence-electron chi connectivity index (χ0n) is 11.5. The Hall–Kier alpha value is -1.87. The third-order valence-corrected chi connectivity index (χ3v) is 3.84. The van der Waals surface area contributed by atoms with E-state index in [0.717, 1.165) is 18.7 Å². The van der Waals surface area contributed by atoms with Crippen molar-refractivity contribution in [3.63, 3.8) is 0 Å². The van der Waals surface area contributed by atoms with Crippen LogP contribution in [-0.4, -0.2) is 13.2 Å². The van der Waals surface area contributed by atoms with Crippen LogP contribution in [0, 0.1) is 12.7 Å². The predicted octanol–water partition coefficient (Wildman–Crippen LogP) is 3.86. The Kier molecular flexibility index (Phi) is 3.70. The van der Waals surface area contributed by atoms with Gasteiger partial charge in [0, 0.05) is 17.8 Å². The Labute approximate surface area is 118 Å². The van der Waals surface area contributed by atoms with Crippen LogP contribution < -0.4 is 5.32 Å². The number of rotatable bonds is 3. The van der Waals surface area contributed by atoms with Crippen molar-refractivity contribution < 1.29 is 9.13 Å². The number of benzene rings is 2. The molecule has 2 nitrogen and oxygen atoms in total. The van der Waals surface area contributed by atoms with Crippen LogP contribution in [0.3, 0.4) is 0 Å². The van der Waals surface area contributed by atoms with Crippen molar-refractivity contribution >= 4 is 5.69 Å². The molecular weight excluding hydrogens is 253 g/mol. The first-order chi connectivity index (χ1) is 9.75. The lowest BCUT2D eigenvalue weighted by molar-refractivity contribution is 0.0513. The number of nitrogens with one attached hydrogen (secondary N) is 1. The van der Waals surface area contributed by atoms with Gasteiger partial charge >= 0.3 is 0 Å². The van der Waals surface area contributed by atoms with E-state index in [0.29, 0.717) is 12.1 Å². The number of halogens is 1. The number of hydrogen-bond acceptors (Lipinski definition) is 2. The predicted molar refractivity (Wildman–Crippen MR) is 78.5 cm³/mol. The number of anilines is 1. The molecule has 0 aliphatic carbocycles. The maximum Gasteiger partial charge on any atom is 0.128 e. The monoisotopic (exact) mass is 271 g/mol. The van der Waals surface area contributed by atoms with Crippen LogP contribution in [0.15, 0.2) is 42.5 Å². The second-order valence-electron chi connectivity index (χ2n) is 5.10. The average molecular weight is 271 g/mol. The fourth-order valence-corrected chi connectivity index (χ4v) is 2.65. The van der Waals surface area contributed by atoms with E-state index >= 15 is 0 Å². The van der Waals surface area contributed by atoms with Gasteiger partial charge in [-0.2, -0.15) is 0 Å². The van der Waals surface area contributed by atoms with Gasteiger partial charge in [0.25, 0.3) is 0 Å². The van der Waals surface area contributed by atoms with E-state index in [2.05, 4.69) is 23.5 Å². The molecule has 1 unspecified atom stereocenters. The Bertz CT molecular complexity index is 612. The van der Waals surface area contributed by atoms with Gasteiger partial charge in [-0.1, -0.05) is 30.3 Å². The normalized spacial score (nSPS) is 17.6. The molecule has 1 aliphatic heterocycles. The van der Waals surface area contributed by atoms with Gasteiger partial charge in [-0.25, -0.2) is 4.39 Å². The summed E-state index contributed by atoms with van der Waals surface area (Å²) in [6.45, 7) is 3.18. The summed E-state index contributed by atoms with van der Waals surface area (Å²) in [5.74, 6) is -0.181. The molecule has 0 fully saturated rings. The maximum absolute atomic E-state index is 13.5. The van der Waals surface area contributed by atoms with Crippen LogP contribution >= 0.6 is 0 Å². The second-order valence-corrected chi connectivity index (χ2v) is 5.10. The molecule has 1 atom stereocenters. The highest BCUT2D eigenvalue weighted by Crippen LogP contribution is 2.27. The first-order valence-corrected chi connectivity index (χ1v) is 6.94. The van der Waals surface area contributed by atoms with Crippen molar-refractivity contribution in [2.75, 3.05) is 18.5 Å². The Morgan fingerprint density at radius 2 is 2.05 bits per heavy atom. The van der Waals surface area contributed by atoms with Crippen molar-refractivity contribution in [3.05, 3.63) is 65.0 Å². The summed E-state index contributed by atoms with van der Waals surface area (Å²) >= 11 is 0. The average Bonchev–Trinajstić information content (AvgIpc) is 2.49. The summed E-state index contributed by atoms with van der Waals surface area (Å²) in [6.07, 6.45) is 0.994. The third-order valence-electron chi connectivity index (χ3n) is 3.84. The Morgan fingerprint density at radius 3 is 2.95 bits per heavy atom. The zero-order valence-corrected chi connectivity index (χ0v) is 11.5. The van der Waals surface area contributed by atoms with Crippen molar-refractivity contribution in [1.29, 1.82) is 0 Å². The van der Waals surface area contributed by atoms with Crippen LogP contribution in [0.2, 0.25) is 0 Å². The lowest BCUT2D eigenvalue weighted by atomic mass is 9.97. The summed E-state index contributed by atoms with van der Waals surface area (Å²) in [4.78, 5) is 0. The van der Waals surface area contributed by atoms with Gasteiger partial charge in [0.1, 0.15) is 5.82 Å². The smallest absolute Gasteiger partial charge is 0.128 e. The van der Waals surface area contributed by atoms with E-state index in [1.807, 2.05) is 12.1 Å². The summed E-state index contributed by atoms with van der Waals surface area (Å²) in [6, 6.07) is 13.5. The molecule has 1 aliphatic rings. The molecule has 0 amide bonds. The summed E-state index contributed by atoms with van der Waals surface area (Å²) in [7, 11) is 0. The highest BCUT2D eigenvalue weighted by molar-refractivity contribution is 5.51. The molecule has 2 aromatic carbocycles. The first kappa shape index (κ1) is 13.1. The van der Waals surface area contributed by atoms with Gasteiger partial charge in [0.2, 0.25) is 0 Å². The van der Waals surface area contributed by atoms with Gasteiger partial charge in [-0.05, 0) is 36.6 Å². The maximum atomic E-state index is 13.5. The molecule has 104 valence electrons. The van der Waals surface area contributed by atoms with Gasteiger partial charge in [0.15, 0.2) is 0 Å². The Balaban J connectivity index is 1.75. The van der Waals surface area contributed by atoms with Crippen LogP contribution in [-0.2, 0) is 11.2 Å². The lowest BCUT2D eigenvalue weighted by Gasteiger charge is -2.26. The van der Waals surface area contributed by atoms with E-state index in [9.17, 15) is 4.39 Å². The van der Waals surface area contributed by atoms with Gasteiger partial charge < -0.3 is 10.1 Å². The molecule has 1 heterocycles. The third kappa shape index (κ3) is 2.54. The highest BCUT2D eigenvalue weighted by atomic mass is 19.1. The van der Waals surface area contributed by atoms with Gasteiger partial charge in [-0.15, -0.1) is 0 Å². The van der Waals surface area contributed by atoms with Crippen LogP contribution in [0.5, 0.6) is 0 Å². The van der Waals surface area contributed by atoms with E-state index < -0.39 is 0 Å². The van der Waals surface area contributed by atoms with Crippen molar-refractivity contribution in [3.8, 4) is 0 Å². The fourth-order valence-electron chi connectivity index (χ4n) is 2.65. The molecule has 1 N–H and O–H groups in total. The molecule has 0 bridgehead atoms. The minimum absolute atomic E-state index is 0.0302. The van der Waals surface area contributed by atoms with Gasteiger partial charge in [0.05, 0.1) is 12.7 Å². The molecule has 2 aromatic rings. The number of hydrogen-bond donors (Lipinski definition) is 1. The first-order valence-electron chi connectivity index (χ1n) is 6.94. The molecule has 3 rings (SSSR count).